The zero-order valence-electron chi connectivity index (χ0n) is 19.5. The van der Waals surface area contributed by atoms with Gasteiger partial charge < -0.3 is 14.0 Å². The van der Waals surface area contributed by atoms with Gasteiger partial charge in [0.1, 0.15) is 16.9 Å². The van der Waals surface area contributed by atoms with E-state index in [1.54, 1.807) is 60.2 Å². The van der Waals surface area contributed by atoms with E-state index < -0.39 is 11.9 Å². The molecule has 0 unspecified atom stereocenters. The summed E-state index contributed by atoms with van der Waals surface area (Å²) in [6.45, 7) is 2.66. The van der Waals surface area contributed by atoms with Gasteiger partial charge in [0.25, 0.3) is 11.5 Å². The lowest BCUT2D eigenvalue weighted by Gasteiger charge is -2.18. The fourth-order valence-electron chi connectivity index (χ4n) is 4.28. The summed E-state index contributed by atoms with van der Waals surface area (Å²) in [5.41, 5.74) is 0.734. The maximum Gasteiger partial charge on any atom is 0.341 e. The second kappa shape index (κ2) is 10.0. The molecule has 4 heterocycles. The molecule has 1 aliphatic heterocycles. The number of pyridine rings is 2. The Morgan fingerprint density at radius 3 is 2.75 bits per heavy atom. The first-order chi connectivity index (χ1) is 17.5. The number of hydrogen-bond donors (Lipinski definition) is 0. The van der Waals surface area contributed by atoms with E-state index in [0.717, 1.165) is 12.8 Å². The number of carbonyl (C=O) groups is 2. The smallest absolute Gasteiger partial charge is 0.341 e. The number of esters is 1. The second-order valence-corrected chi connectivity index (χ2v) is 8.79. The van der Waals surface area contributed by atoms with Crippen LogP contribution in [0.25, 0.3) is 16.7 Å². The first-order valence-corrected chi connectivity index (χ1v) is 12.0. The van der Waals surface area contributed by atoms with Crippen LogP contribution in [-0.4, -0.2) is 45.1 Å². The molecule has 1 amide bonds. The molecule has 9 nitrogen and oxygen atoms in total. The lowest BCUT2D eigenvalue weighted by molar-refractivity contribution is 0.0521. The average molecular weight is 507 g/mol. The van der Waals surface area contributed by atoms with Crippen molar-refractivity contribution in [2.75, 3.05) is 13.2 Å². The number of carbonyl (C=O) groups excluding carboxylic acids is 2. The molecule has 0 bridgehead atoms. The Hall–Kier alpha value is -3.82. The summed E-state index contributed by atoms with van der Waals surface area (Å²) >= 11 is 5.97. The van der Waals surface area contributed by atoms with Crippen molar-refractivity contribution in [3.8, 4) is 0 Å². The van der Waals surface area contributed by atoms with Crippen LogP contribution < -0.4 is 11.0 Å². The van der Waals surface area contributed by atoms with Crippen LogP contribution in [0, 0.1) is 0 Å². The molecule has 5 rings (SSSR count). The van der Waals surface area contributed by atoms with Gasteiger partial charge in [0, 0.05) is 23.4 Å². The van der Waals surface area contributed by atoms with Gasteiger partial charge in [-0.25, -0.2) is 9.78 Å². The molecule has 4 aromatic rings. The van der Waals surface area contributed by atoms with Crippen molar-refractivity contribution in [1.29, 1.82) is 0 Å². The Balaban J connectivity index is 1.85. The van der Waals surface area contributed by atoms with Crippen LogP contribution in [-0.2, 0) is 16.0 Å². The van der Waals surface area contributed by atoms with Gasteiger partial charge in [-0.05, 0) is 62.2 Å². The first kappa shape index (κ1) is 23.9. The molecule has 184 valence electrons. The van der Waals surface area contributed by atoms with E-state index in [1.165, 1.54) is 10.5 Å². The van der Waals surface area contributed by atoms with Gasteiger partial charge in [-0.15, -0.1) is 0 Å². The molecule has 1 aromatic carbocycles. The molecule has 1 saturated heterocycles. The van der Waals surface area contributed by atoms with E-state index >= 15 is 0 Å². The van der Waals surface area contributed by atoms with Crippen LogP contribution in [0.2, 0.25) is 5.02 Å². The summed E-state index contributed by atoms with van der Waals surface area (Å²) in [6, 6.07) is 12.9. The number of fused-ring (bicyclic) bond motifs is 2. The number of aromatic nitrogens is 3. The van der Waals surface area contributed by atoms with E-state index in [4.69, 9.17) is 26.1 Å². The molecule has 36 heavy (non-hydrogen) atoms. The maximum atomic E-state index is 13.4. The molecule has 1 atom stereocenters. The SMILES string of the molecule is CCOC(=O)c1cc2c(=O)n3ccccc3nc2n(C[C@@H]2CCCO2)c1=NC(=O)c1ccc(Cl)cc1. The Kier molecular flexibility index (Phi) is 6.67. The molecule has 3 aromatic heterocycles. The molecule has 1 fully saturated rings. The highest BCUT2D eigenvalue weighted by Gasteiger charge is 2.24. The quantitative estimate of drug-likeness (QED) is 0.303. The van der Waals surface area contributed by atoms with Crippen molar-refractivity contribution < 1.29 is 19.1 Å². The summed E-state index contributed by atoms with van der Waals surface area (Å²) < 4.78 is 14.1. The van der Waals surface area contributed by atoms with Crippen molar-refractivity contribution in [3.05, 3.63) is 86.7 Å². The largest absolute Gasteiger partial charge is 0.462 e. The van der Waals surface area contributed by atoms with Gasteiger partial charge in [0.05, 0.1) is 24.6 Å². The predicted octanol–water partition coefficient (Wildman–Crippen LogP) is 3.40. The van der Waals surface area contributed by atoms with Crippen LogP contribution in [0.15, 0.2) is 64.5 Å². The van der Waals surface area contributed by atoms with Gasteiger partial charge in [0.2, 0.25) is 0 Å². The van der Waals surface area contributed by atoms with Crippen molar-refractivity contribution in [2.24, 2.45) is 4.99 Å². The first-order valence-electron chi connectivity index (χ1n) is 11.6. The molecule has 0 radical (unpaired) electrons. The molecular weight excluding hydrogens is 484 g/mol. The summed E-state index contributed by atoms with van der Waals surface area (Å²) in [6.07, 6.45) is 3.10. The third kappa shape index (κ3) is 4.55. The minimum absolute atomic E-state index is 0.000517. The summed E-state index contributed by atoms with van der Waals surface area (Å²) in [5.74, 6) is -1.27. The van der Waals surface area contributed by atoms with Crippen molar-refractivity contribution in [1.82, 2.24) is 14.0 Å². The van der Waals surface area contributed by atoms with E-state index in [0.29, 0.717) is 28.5 Å². The van der Waals surface area contributed by atoms with Gasteiger partial charge in [-0.3, -0.25) is 14.0 Å². The number of hydrogen-bond acceptors (Lipinski definition) is 6. The minimum atomic E-state index is -0.694. The highest BCUT2D eigenvalue weighted by Crippen LogP contribution is 2.18. The monoisotopic (exact) mass is 506 g/mol. The van der Waals surface area contributed by atoms with Gasteiger partial charge in [-0.2, -0.15) is 4.99 Å². The van der Waals surface area contributed by atoms with Gasteiger partial charge >= 0.3 is 5.97 Å². The third-order valence-corrected chi connectivity index (χ3v) is 6.25. The van der Waals surface area contributed by atoms with Crippen molar-refractivity contribution >= 4 is 40.2 Å². The number of ether oxygens (including phenoxy) is 2. The van der Waals surface area contributed by atoms with E-state index in [1.807, 2.05) is 0 Å². The molecule has 0 saturated carbocycles. The minimum Gasteiger partial charge on any atom is -0.462 e. The van der Waals surface area contributed by atoms with E-state index in [-0.39, 0.29) is 41.3 Å². The number of rotatable bonds is 5. The zero-order valence-corrected chi connectivity index (χ0v) is 20.3. The zero-order chi connectivity index (χ0) is 25.2. The lowest BCUT2D eigenvalue weighted by Crippen LogP contribution is -2.35. The Morgan fingerprint density at radius 2 is 2.03 bits per heavy atom. The standard InChI is InChI=1S/C26H23ClN4O5/c1-2-35-26(34)20-14-19-22(28-21-7-3-4-12-30(21)25(19)33)31(15-18-6-5-13-36-18)23(20)29-24(32)16-8-10-17(27)11-9-16/h3-4,7-12,14,18H,2,5-6,13,15H2,1H3/t18-/m0/s1. The summed E-state index contributed by atoms with van der Waals surface area (Å²) in [4.78, 5) is 48.7. The Bertz CT molecular complexity index is 1600. The van der Waals surface area contributed by atoms with Crippen molar-refractivity contribution in [2.45, 2.75) is 32.4 Å². The number of benzene rings is 1. The molecule has 0 aliphatic carbocycles. The highest BCUT2D eigenvalue weighted by molar-refractivity contribution is 6.30. The van der Waals surface area contributed by atoms with Crippen molar-refractivity contribution in [3.63, 3.8) is 0 Å². The molecule has 10 heteroatoms. The topological polar surface area (TPSA) is 104 Å². The number of nitrogens with zero attached hydrogens (tertiary/aromatic N) is 4. The fraction of sp³-hybridized carbons (Fsp3) is 0.269. The third-order valence-electron chi connectivity index (χ3n) is 5.99. The van der Waals surface area contributed by atoms with Gasteiger partial charge in [-0.1, -0.05) is 17.7 Å². The molecule has 0 N–H and O–H groups in total. The van der Waals surface area contributed by atoms with Crippen LogP contribution in [0.1, 0.15) is 40.5 Å². The van der Waals surface area contributed by atoms with Crippen LogP contribution in [0.5, 0.6) is 0 Å². The number of amides is 1. The van der Waals surface area contributed by atoms with E-state index in [9.17, 15) is 14.4 Å². The lowest BCUT2D eigenvalue weighted by atomic mass is 10.1. The summed E-state index contributed by atoms with van der Waals surface area (Å²) in [7, 11) is 0. The second-order valence-electron chi connectivity index (χ2n) is 8.35. The Labute approximate surface area is 210 Å². The highest BCUT2D eigenvalue weighted by atomic mass is 35.5. The van der Waals surface area contributed by atoms with Crippen LogP contribution in [0.4, 0.5) is 0 Å². The predicted molar refractivity (Wildman–Crippen MR) is 133 cm³/mol. The summed E-state index contributed by atoms with van der Waals surface area (Å²) in [5, 5.41) is 0.687. The molecule has 0 spiro atoms. The fourth-order valence-corrected chi connectivity index (χ4v) is 4.40. The normalized spacial score (nSPS) is 16.1. The molecular formula is C26H23ClN4O5. The average Bonchev–Trinajstić information content (AvgIpc) is 3.39. The molecule has 1 aliphatic rings. The van der Waals surface area contributed by atoms with E-state index in [2.05, 4.69) is 4.99 Å². The maximum absolute atomic E-state index is 13.4. The Morgan fingerprint density at radius 1 is 1.22 bits per heavy atom. The van der Waals surface area contributed by atoms with Gasteiger partial charge in [0.15, 0.2) is 5.49 Å². The number of halogens is 1. The van der Waals surface area contributed by atoms with Crippen LogP contribution >= 0.6 is 11.6 Å². The van der Waals surface area contributed by atoms with Crippen LogP contribution in [0.3, 0.4) is 0 Å².